The van der Waals surface area contributed by atoms with Crippen LogP contribution < -0.4 is 16.8 Å². The lowest BCUT2D eigenvalue weighted by Gasteiger charge is -2.45. The van der Waals surface area contributed by atoms with Gasteiger partial charge < -0.3 is 16.8 Å². The molecule has 2 saturated carbocycles. The minimum Gasteiger partial charge on any atom is -0.351 e. The zero-order valence-corrected chi connectivity index (χ0v) is 11.6. The summed E-state index contributed by atoms with van der Waals surface area (Å²) in [6.07, 6.45) is 5.79. The standard InChI is InChI=1S/C14H27N3O/c1-8(2)12(16)14(18)17-13-9-4-3-5-10(13)7-11(15)6-9/h8-13H,3-7,15-16H2,1-2H3,(H,17,18). The lowest BCUT2D eigenvalue weighted by Crippen LogP contribution is -2.57. The van der Waals surface area contributed by atoms with Gasteiger partial charge in [-0.3, -0.25) is 4.79 Å². The predicted molar refractivity (Wildman–Crippen MR) is 72.8 cm³/mol. The zero-order valence-electron chi connectivity index (χ0n) is 11.6. The number of carbonyl (C=O) groups is 1. The highest BCUT2D eigenvalue weighted by Gasteiger charge is 2.40. The second-order valence-electron chi connectivity index (χ2n) is 6.49. The average Bonchev–Trinajstić information content (AvgIpc) is 2.29. The highest BCUT2D eigenvalue weighted by Crippen LogP contribution is 2.39. The third-order valence-electron chi connectivity index (χ3n) is 4.71. The maximum absolute atomic E-state index is 12.1. The summed E-state index contributed by atoms with van der Waals surface area (Å²) in [7, 11) is 0. The molecule has 2 fully saturated rings. The Hall–Kier alpha value is -0.610. The van der Waals surface area contributed by atoms with Gasteiger partial charge in [0.15, 0.2) is 0 Å². The Labute approximate surface area is 110 Å². The topological polar surface area (TPSA) is 81.1 Å². The van der Waals surface area contributed by atoms with Crippen LogP contribution in [0.5, 0.6) is 0 Å². The van der Waals surface area contributed by atoms with Gasteiger partial charge in [-0.2, -0.15) is 0 Å². The summed E-state index contributed by atoms with van der Waals surface area (Å²) in [6, 6.07) is 0.254. The van der Waals surface area contributed by atoms with Crippen LogP contribution in [0.15, 0.2) is 0 Å². The van der Waals surface area contributed by atoms with E-state index in [0.29, 0.717) is 23.9 Å². The van der Waals surface area contributed by atoms with Gasteiger partial charge in [0.2, 0.25) is 5.91 Å². The summed E-state index contributed by atoms with van der Waals surface area (Å²) in [5.74, 6) is 1.34. The van der Waals surface area contributed by atoms with E-state index in [1.54, 1.807) is 0 Å². The Balaban J connectivity index is 1.98. The van der Waals surface area contributed by atoms with Crippen LogP contribution in [-0.2, 0) is 4.79 Å². The number of hydrogen-bond acceptors (Lipinski definition) is 3. The van der Waals surface area contributed by atoms with Gasteiger partial charge >= 0.3 is 0 Å². The van der Waals surface area contributed by atoms with Crippen LogP contribution in [0.2, 0.25) is 0 Å². The molecule has 2 rings (SSSR count). The fraction of sp³-hybridized carbons (Fsp3) is 0.929. The van der Waals surface area contributed by atoms with Crippen molar-refractivity contribution in [2.24, 2.45) is 29.2 Å². The molecule has 104 valence electrons. The lowest BCUT2D eigenvalue weighted by atomic mass is 9.67. The highest BCUT2D eigenvalue weighted by molar-refractivity contribution is 5.82. The van der Waals surface area contributed by atoms with Gasteiger partial charge in [0.05, 0.1) is 6.04 Å². The largest absolute Gasteiger partial charge is 0.351 e. The maximum atomic E-state index is 12.1. The summed E-state index contributed by atoms with van der Waals surface area (Å²) in [4.78, 5) is 12.1. The summed E-state index contributed by atoms with van der Waals surface area (Å²) in [5.41, 5.74) is 12.0. The molecule has 4 nitrogen and oxygen atoms in total. The number of hydrogen-bond donors (Lipinski definition) is 3. The molecule has 0 aromatic rings. The first-order chi connectivity index (χ1) is 8.49. The Morgan fingerprint density at radius 3 is 2.28 bits per heavy atom. The van der Waals surface area contributed by atoms with E-state index in [-0.39, 0.29) is 17.9 Å². The van der Waals surface area contributed by atoms with Crippen LogP contribution in [0, 0.1) is 17.8 Å². The average molecular weight is 253 g/mol. The normalized spacial score (nSPS) is 37.4. The van der Waals surface area contributed by atoms with Crippen molar-refractivity contribution in [1.82, 2.24) is 5.32 Å². The number of nitrogens with two attached hydrogens (primary N) is 2. The van der Waals surface area contributed by atoms with Crippen molar-refractivity contribution in [2.75, 3.05) is 0 Å². The molecular weight excluding hydrogens is 226 g/mol. The van der Waals surface area contributed by atoms with E-state index in [9.17, 15) is 4.79 Å². The molecule has 18 heavy (non-hydrogen) atoms. The van der Waals surface area contributed by atoms with Crippen LogP contribution in [0.1, 0.15) is 46.0 Å². The van der Waals surface area contributed by atoms with Gasteiger partial charge in [-0.1, -0.05) is 20.3 Å². The summed E-state index contributed by atoms with van der Waals surface area (Å²) in [6.45, 7) is 3.98. The van der Waals surface area contributed by atoms with E-state index >= 15 is 0 Å². The fourth-order valence-electron chi connectivity index (χ4n) is 3.59. The van der Waals surface area contributed by atoms with Crippen molar-refractivity contribution in [3.63, 3.8) is 0 Å². The molecule has 0 aliphatic heterocycles. The van der Waals surface area contributed by atoms with Gasteiger partial charge in [0, 0.05) is 12.1 Å². The van der Waals surface area contributed by atoms with Gasteiger partial charge in [-0.15, -0.1) is 0 Å². The molecule has 2 aliphatic carbocycles. The SMILES string of the molecule is CC(C)C(N)C(=O)NC1C2CCCC1CC(N)C2. The minimum absolute atomic E-state index is 0.0161. The Bertz CT molecular complexity index is 291. The molecule has 3 unspecified atom stereocenters. The smallest absolute Gasteiger partial charge is 0.237 e. The summed E-state index contributed by atoms with van der Waals surface area (Å²) in [5, 5.41) is 3.20. The predicted octanol–water partition coefficient (Wildman–Crippen LogP) is 0.992. The molecule has 0 saturated heterocycles. The van der Waals surface area contributed by atoms with Crippen molar-refractivity contribution in [3.8, 4) is 0 Å². The van der Waals surface area contributed by atoms with Crippen molar-refractivity contribution in [2.45, 2.75) is 64.1 Å². The zero-order chi connectivity index (χ0) is 13.3. The van der Waals surface area contributed by atoms with Crippen LogP contribution in [0.4, 0.5) is 0 Å². The van der Waals surface area contributed by atoms with Crippen LogP contribution in [0.25, 0.3) is 0 Å². The quantitative estimate of drug-likeness (QED) is 0.701. The van der Waals surface area contributed by atoms with Crippen molar-refractivity contribution in [3.05, 3.63) is 0 Å². The summed E-state index contributed by atoms with van der Waals surface area (Å²) >= 11 is 0. The van der Waals surface area contributed by atoms with E-state index in [1.807, 2.05) is 13.8 Å². The maximum Gasteiger partial charge on any atom is 0.237 e. The Kier molecular flexibility index (Phi) is 4.28. The van der Waals surface area contributed by atoms with Crippen molar-refractivity contribution in [1.29, 1.82) is 0 Å². The second-order valence-corrected chi connectivity index (χ2v) is 6.49. The third kappa shape index (κ3) is 2.86. The van der Waals surface area contributed by atoms with Crippen molar-refractivity contribution < 1.29 is 4.79 Å². The first kappa shape index (κ1) is 13.8. The lowest BCUT2D eigenvalue weighted by molar-refractivity contribution is -0.125. The van der Waals surface area contributed by atoms with E-state index in [0.717, 1.165) is 12.8 Å². The first-order valence-corrected chi connectivity index (χ1v) is 7.30. The Morgan fingerprint density at radius 1 is 1.22 bits per heavy atom. The molecule has 2 bridgehead atoms. The van der Waals surface area contributed by atoms with E-state index in [4.69, 9.17) is 11.5 Å². The molecule has 2 aliphatic rings. The number of carbonyl (C=O) groups excluding carboxylic acids is 1. The first-order valence-electron chi connectivity index (χ1n) is 7.30. The number of rotatable bonds is 3. The molecule has 0 spiro atoms. The van der Waals surface area contributed by atoms with E-state index in [1.165, 1.54) is 19.3 Å². The molecule has 4 heteroatoms. The van der Waals surface area contributed by atoms with Crippen molar-refractivity contribution >= 4 is 5.91 Å². The van der Waals surface area contributed by atoms with Crippen LogP contribution >= 0.6 is 0 Å². The van der Waals surface area contributed by atoms with Crippen LogP contribution in [0.3, 0.4) is 0 Å². The fourth-order valence-corrected chi connectivity index (χ4v) is 3.59. The van der Waals surface area contributed by atoms with Gasteiger partial charge in [0.25, 0.3) is 0 Å². The second kappa shape index (κ2) is 5.57. The Morgan fingerprint density at radius 2 is 1.78 bits per heavy atom. The highest BCUT2D eigenvalue weighted by atomic mass is 16.2. The molecule has 0 aromatic carbocycles. The molecule has 1 amide bonds. The molecule has 0 heterocycles. The van der Waals surface area contributed by atoms with Gasteiger partial charge in [0.1, 0.15) is 0 Å². The number of fused-ring (bicyclic) bond motifs is 2. The van der Waals surface area contributed by atoms with E-state index in [2.05, 4.69) is 5.32 Å². The molecule has 5 N–H and O–H groups in total. The summed E-state index contributed by atoms with van der Waals surface area (Å²) < 4.78 is 0. The minimum atomic E-state index is -0.388. The van der Waals surface area contributed by atoms with Gasteiger partial charge in [-0.05, 0) is 43.4 Å². The number of nitrogens with one attached hydrogen (secondary N) is 1. The third-order valence-corrected chi connectivity index (χ3v) is 4.71. The monoisotopic (exact) mass is 253 g/mol. The molecule has 0 radical (unpaired) electrons. The van der Waals surface area contributed by atoms with Crippen LogP contribution in [-0.4, -0.2) is 24.0 Å². The molecular formula is C14H27N3O. The number of amides is 1. The van der Waals surface area contributed by atoms with Gasteiger partial charge in [-0.25, -0.2) is 0 Å². The molecule has 0 aromatic heterocycles. The molecule has 3 atom stereocenters. The van der Waals surface area contributed by atoms with E-state index < -0.39 is 0 Å².